The molecule has 128 valence electrons. The second-order valence-corrected chi connectivity index (χ2v) is 6.27. The summed E-state index contributed by atoms with van der Waals surface area (Å²) in [6.07, 6.45) is 15.1. The van der Waals surface area contributed by atoms with Gasteiger partial charge in [-0.1, -0.05) is 51.9 Å². The molecule has 0 bridgehead atoms. The molecule has 0 saturated heterocycles. The number of nitrogens with one attached hydrogen (secondary N) is 1. The van der Waals surface area contributed by atoms with Gasteiger partial charge in [0.2, 0.25) is 0 Å². The summed E-state index contributed by atoms with van der Waals surface area (Å²) in [7, 11) is 1.90. The van der Waals surface area contributed by atoms with Crippen molar-refractivity contribution in [2.45, 2.75) is 71.6 Å². The van der Waals surface area contributed by atoms with Crippen molar-refractivity contribution in [1.82, 2.24) is 5.43 Å². The van der Waals surface area contributed by atoms with Crippen molar-refractivity contribution >= 4 is 11.6 Å². The molecule has 1 aromatic rings. The molecule has 0 radical (unpaired) electrons. The van der Waals surface area contributed by atoms with E-state index in [0.29, 0.717) is 5.56 Å². The molecule has 1 N–H and O–H groups in total. The summed E-state index contributed by atoms with van der Waals surface area (Å²) in [6.45, 7) is 4.23. The van der Waals surface area contributed by atoms with Crippen LogP contribution in [0.3, 0.4) is 0 Å². The van der Waals surface area contributed by atoms with Crippen LogP contribution in [0.5, 0.6) is 0 Å². The lowest BCUT2D eigenvalue weighted by Crippen LogP contribution is -2.30. The number of aromatic nitrogens is 1. The summed E-state index contributed by atoms with van der Waals surface area (Å²) in [5.74, 6) is -0.156. The van der Waals surface area contributed by atoms with Crippen LogP contribution in [-0.4, -0.2) is 11.6 Å². The molecule has 0 spiro atoms. The minimum absolute atomic E-state index is 0.156. The molecule has 1 rings (SSSR count). The van der Waals surface area contributed by atoms with Crippen LogP contribution < -0.4 is 9.99 Å². The highest BCUT2D eigenvalue weighted by Crippen LogP contribution is 2.09. The van der Waals surface area contributed by atoms with Gasteiger partial charge >= 0.3 is 0 Å². The monoisotopic (exact) mass is 318 g/mol. The zero-order valence-electron chi connectivity index (χ0n) is 15.0. The minimum atomic E-state index is -0.156. The largest absolute Gasteiger partial charge is 0.277 e. The quantitative estimate of drug-likeness (QED) is 0.283. The van der Waals surface area contributed by atoms with Crippen LogP contribution in [0.2, 0.25) is 0 Å². The van der Waals surface area contributed by atoms with Crippen LogP contribution in [0.15, 0.2) is 29.6 Å². The Kier molecular flexibility index (Phi) is 9.92. The van der Waals surface area contributed by atoms with Crippen LogP contribution >= 0.6 is 0 Å². The van der Waals surface area contributed by atoms with Gasteiger partial charge in [0.15, 0.2) is 12.4 Å². The number of carbonyl (C=O) groups excluding carboxylic acids is 1. The summed E-state index contributed by atoms with van der Waals surface area (Å²) < 4.78 is 1.85. The van der Waals surface area contributed by atoms with E-state index in [-0.39, 0.29) is 5.91 Å². The Morgan fingerprint density at radius 3 is 2.43 bits per heavy atom. The maximum Gasteiger partial charge on any atom is 0.277 e. The van der Waals surface area contributed by atoms with Crippen molar-refractivity contribution in [3.05, 3.63) is 30.1 Å². The summed E-state index contributed by atoms with van der Waals surface area (Å²) >= 11 is 0. The lowest BCUT2D eigenvalue weighted by atomic mass is 10.1. The van der Waals surface area contributed by atoms with Crippen molar-refractivity contribution in [2.24, 2.45) is 12.1 Å². The molecular formula is C19H32N3O+. The smallest absolute Gasteiger partial charge is 0.267 e. The van der Waals surface area contributed by atoms with Gasteiger partial charge in [-0.25, -0.2) is 9.99 Å². The molecule has 0 fully saturated rings. The molecule has 4 heteroatoms. The highest BCUT2D eigenvalue weighted by atomic mass is 16.2. The maximum atomic E-state index is 12.0. The first kappa shape index (κ1) is 19.3. The molecule has 1 aromatic heterocycles. The Bertz CT molecular complexity index is 497. The Hall–Kier alpha value is -1.71. The summed E-state index contributed by atoms with van der Waals surface area (Å²) in [5.41, 5.74) is 4.25. The number of rotatable bonds is 11. The van der Waals surface area contributed by atoms with Crippen LogP contribution in [0.25, 0.3) is 0 Å². The first-order valence-corrected chi connectivity index (χ1v) is 8.92. The second kappa shape index (κ2) is 11.8. The van der Waals surface area contributed by atoms with Crippen molar-refractivity contribution in [3.8, 4) is 0 Å². The van der Waals surface area contributed by atoms with Gasteiger partial charge < -0.3 is 0 Å². The van der Waals surface area contributed by atoms with E-state index in [1.807, 2.05) is 30.8 Å². The highest BCUT2D eigenvalue weighted by molar-refractivity contribution is 5.94. The maximum absolute atomic E-state index is 12.0. The fourth-order valence-corrected chi connectivity index (χ4v) is 2.50. The Balaban J connectivity index is 2.16. The van der Waals surface area contributed by atoms with E-state index in [1.165, 1.54) is 44.9 Å². The van der Waals surface area contributed by atoms with Gasteiger partial charge in [0.25, 0.3) is 5.91 Å². The van der Waals surface area contributed by atoms with Crippen LogP contribution in [0, 0.1) is 0 Å². The van der Waals surface area contributed by atoms with Gasteiger partial charge in [0.1, 0.15) is 12.6 Å². The van der Waals surface area contributed by atoms with Gasteiger partial charge in [-0.3, -0.25) is 4.79 Å². The topological polar surface area (TPSA) is 45.3 Å². The zero-order valence-corrected chi connectivity index (χ0v) is 15.0. The predicted molar refractivity (Wildman–Crippen MR) is 95.4 cm³/mol. The molecule has 23 heavy (non-hydrogen) atoms. The molecule has 4 nitrogen and oxygen atoms in total. The molecule has 0 unspecified atom stereocenters. The summed E-state index contributed by atoms with van der Waals surface area (Å²) in [4.78, 5) is 12.0. The molecule has 0 atom stereocenters. The molecule has 0 aliphatic heterocycles. The van der Waals surface area contributed by atoms with Gasteiger partial charge in [-0.2, -0.15) is 5.10 Å². The third-order valence-corrected chi connectivity index (χ3v) is 3.94. The Labute approximate surface area is 141 Å². The number of hydrogen-bond acceptors (Lipinski definition) is 2. The zero-order chi connectivity index (χ0) is 16.9. The number of unbranched alkanes of at least 4 members (excludes halogenated alkanes) is 7. The predicted octanol–water partition coefficient (Wildman–Crippen LogP) is 4.15. The Morgan fingerprint density at radius 2 is 1.78 bits per heavy atom. The third-order valence-electron chi connectivity index (χ3n) is 3.94. The molecule has 0 aliphatic carbocycles. The fourth-order valence-electron chi connectivity index (χ4n) is 2.50. The average Bonchev–Trinajstić information content (AvgIpc) is 2.55. The van der Waals surface area contributed by atoms with E-state index < -0.39 is 0 Å². The minimum Gasteiger partial charge on any atom is -0.267 e. The SMILES string of the molecule is CCCCCCCCCC/C(C)=N\NC(=O)c1ccc[n+](C)c1. The molecule has 1 heterocycles. The highest BCUT2D eigenvalue weighted by Gasteiger charge is 2.07. The van der Waals surface area contributed by atoms with Crippen LogP contribution in [0.1, 0.15) is 82.0 Å². The summed E-state index contributed by atoms with van der Waals surface area (Å²) in [5, 5.41) is 4.20. The lowest BCUT2D eigenvalue weighted by Gasteiger charge is -2.03. The van der Waals surface area contributed by atoms with E-state index in [2.05, 4.69) is 17.5 Å². The van der Waals surface area contributed by atoms with E-state index in [4.69, 9.17) is 0 Å². The van der Waals surface area contributed by atoms with Gasteiger partial charge in [0.05, 0.1) is 0 Å². The van der Waals surface area contributed by atoms with Crippen LogP contribution in [-0.2, 0) is 7.05 Å². The number of hydrogen-bond donors (Lipinski definition) is 1. The van der Waals surface area contributed by atoms with Gasteiger partial charge in [-0.15, -0.1) is 0 Å². The average molecular weight is 318 g/mol. The number of carbonyl (C=O) groups is 1. The number of aryl methyl sites for hydroxylation is 1. The molecule has 0 aromatic carbocycles. The van der Waals surface area contributed by atoms with E-state index in [0.717, 1.165) is 18.6 Å². The van der Waals surface area contributed by atoms with E-state index >= 15 is 0 Å². The molecule has 1 amide bonds. The summed E-state index contributed by atoms with van der Waals surface area (Å²) in [6, 6.07) is 3.64. The molecule has 0 aliphatic rings. The second-order valence-electron chi connectivity index (χ2n) is 6.27. The van der Waals surface area contributed by atoms with Crippen molar-refractivity contribution in [1.29, 1.82) is 0 Å². The van der Waals surface area contributed by atoms with E-state index in [9.17, 15) is 4.79 Å². The number of nitrogens with zero attached hydrogens (tertiary/aromatic N) is 2. The fraction of sp³-hybridized carbons (Fsp3) is 0.632. The van der Waals surface area contributed by atoms with Crippen molar-refractivity contribution in [3.63, 3.8) is 0 Å². The standard InChI is InChI=1S/C19H31N3O/c1-4-5-6-7-8-9-10-11-13-17(2)20-21-19(23)18-14-12-15-22(3)16-18/h12,14-16H,4-11,13H2,1-3H3/p+1/b20-17-. The first-order chi connectivity index (χ1) is 11.1. The van der Waals surface area contributed by atoms with E-state index in [1.54, 1.807) is 12.3 Å². The third kappa shape index (κ3) is 9.11. The normalized spacial score (nSPS) is 11.5. The first-order valence-electron chi connectivity index (χ1n) is 8.92. The number of hydrazone groups is 1. The van der Waals surface area contributed by atoms with Crippen LogP contribution in [0.4, 0.5) is 0 Å². The molecule has 0 saturated carbocycles. The Morgan fingerprint density at radius 1 is 1.13 bits per heavy atom. The number of amides is 1. The van der Waals surface area contributed by atoms with Crippen molar-refractivity contribution < 1.29 is 9.36 Å². The molecular weight excluding hydrogens is 286 g/mol. The number of pyridine rings is 1. The van der Waals surface area contributed by atoms with Gasteiger partial charge in [0, 0.05) is 11.8 Å². The van der Waals surface area contributed by atoms with Crippen molar-refractivity contribution in [2.75, 3.05) is 0 Å². The van der Waals surface area contributed by atoms with Gasteiger partial charge in [-0.05, 0) is 25.8 Å². The lowest BCUT2D eigenvalue weighted by molar-refractivity contribution is -0.671.